The first kappa shape index (κ1) is 20.1. The third-order valence-electron chi connectivity index (χ3n) is 4.92. The fourth-order valence-electron chi connectivity index (χ4n) is 3.45. The summed E-state index contributed by atoms with van der Waals surface area (Å²) in [6.07, 6.45) is 0.260. The van der Waals surface area contributed by atoms with Crippen LogP contribution in [-0.2, 0) is 11.4 Å². The Morgan fingerprint density at radius 2 is 1.83 bits per heavy atom. The van der Waals surface area contributed by atoms with E-state index in [4.69, 9.17) is 16.4 Å². The van der Waals surface area contributed by atoms with Crippen molar-refractivity contribution >= 4 is 23.2 Å². The van der Waals surface area contributed by atoms with Crippen molar-refractivity contribution in [3.63, 3.8) is 0 Å². The third kappa shape index (κ3) is 4.69. The highest BCUT2D eigenvalue weighted by Gasteiger charge is 2.28. The molecule has 0 saturated carbocycles. The Kier molecular flexibility index (Phi) is 6.10. The summed E-state index contributed by atoms with van der Waals surface area (Å²) in [7, 11) is 0. The van der Waals surface area contributed by atoms with Crippen LogP contribution >= 0.6 is 11.6 Å². The van der Waals surface area contributed by atoms with Crippen LogP contribution in [0.25, 0.3) is 0 Å². The number of rotatable bonds is 6. The van der Waals surface area contributed by atoms with Crippen molar-refractivity contribution in [3.05, 3.63) is 106 Å². The molecule has 0 bridgehead atoms. The molecule has 0 aliphatic carbocycles. The zero-order valence-electron chi connectivity index (χ0n) is 16.2. The largest absolute Gasteiger partial charge is 0.390 e. The van der Waals surface area contributed by atoms with Gasteiger partial charge in [-0.15, -0.1) is 0 Å². The maximum Gasteiger partial charge on any atom is 0.257 e. The molecule has 0 unspecified atom stereocenters. The number of halogens is 2. The Bertz CT molecular complexity index is 1070. The van der Waals surface area contributed by atoms with Gasteiger partial charge in [0.05, 0.1) is 17.8 Å². The van der Waals surface area contributed by atoms with Crippen LogP contribution in [-0.4, -0.2) is 29.2 Å². The van der Waals surface area contributed by atoms with Gasteiger partial charge in [-0.05, 0) is 35.4 Å². The van der Waals surface area contributed by atoms with Gasteiger partial charge in [-0.1, -0.05) is 71.4 Å². The first-order chi connectivity index (χ1) is 14.6. The topological polar surface area (TPSA) is 41.9 Å². The molecule has 3 aromatic rings. The minimum absolute atomic E-state index is 0.0294. The molecule has 0 spiro atoms. The second-order valence-electron chi connectivity index (χ2n) is 7.13. The summed E-state index contributed by atoms with van der Waals surface area (Å²) < 4.78 is 14.3. The summed E-state index contributed by atoms with van der Waals surface area (Å²) >= 11 is 6.10. The molecular weight excluding hydrogens is 403 g/mol. The van der Waals surface area contributed by atoms with Crippen molar-refractivity contribution < 1.29 is 14.0 Å². The Balaban J connectivity index is 1.53. The first-order valence-electron chi connectivity index (χ1n) is 9.66. The Morgan fingerprint density at radius 1 is 1.07 bits per heavy atom. The predicted octanol–water partition coefficient (Wildman–Crippen LogP) is 5.31. The minimum Gasteiger partial charge on any atom is -0.390 e. The molecule has 30 heavy (non-hydrogen) atoms. The van der Waals surface area contributed by atoms with Gasteiger partial charge in [0.15, 0.2) is 6.10 Å². The smallest absolute Gasteiger partial charge is 0.257 e. The van der Waals surface area contributed by atoms with E-state index in [1.807, 2.05) is 42.5 Å². The van der Waals surface area contributed by atoms with Crippen LogP contribution in [0.2, 0.25) is 5.02 Å². The standard InChI is InChI=1S/C24H20ClFN2O2/c25-19-10-6-7-17(13-19)15-28(24(29)21-11-4-5-12-22(21)26)16-20-14-23(27-30-20)18-8-2-1-3-9-18/h1-13,20H,14-16H2/t20-/m0/s1. The lowest BCUT2D eigenvalue weighted by Crippen LogP contribution is -2.37. The zero-order chi connectivity index (χ0) is 20.9. The number of benzene rings is 3. The Labute approximate surface area is 179 Å². The van der Waals surface area contributed by atoms with E-state index < -0.39 is 11.7 Å². The monoisotopic (exact) mass is 422 g/mol. The number of carbonyl (C=O) groups is 1. The molecule has 0 fully saturated rings. The van der Waals surface area contributed by atoms with Gasteiger partial charge in [0.1, 0.15) is 5.82 Å². The third-order valence-corrected chi connectivity index (χ3v) is 5.15. The van der Waals surface area contributed by atoms with Crippen molar-refractivity contribution in [2.75, 3.05) is 6.54 Å². The van der Waals surface area contributed by atoms with Crippen LogP contribution < -0.4 is 0 Å². The number of amides is 1. The molecule has 4 rings (SSSR count). The fraction of sp³-hybridized carbons (Fsp3) is 0.167. The van der Waals surface area contributed by atoms with E-state index in [0.717, 1.165) is 16.8 Å². The first-order valence-corrected chi connectivity index (χ1v) is 10.0. The summed E-state index contributed by atoms with van der Waals surface area (Å²) in [5.41, 5.74) is 2.71. The van der Waals surface area contributed by atoms with Crippen LogP contribution in [0.4, 0.5) is 4.39 Å². The molecule has 0 radical (unpaired) electrons. The van der Waals surface area contributed by atoms with Gasteiger partial charge < -0.3 is 9.74 Å². The number of carbonyl (C=O) groups excluding carboxylic acids is 1. The summed E-state index contributed by atoms with van der Waals surface area (Å²) in [6, 6.07) is 23.0. The summed E-state index contributed by atoms with van der Waals surface area (Å²) in [5, 5.41) is 4.78. The van der Waals surface area contributed by atoms with E-state index in [9.17, 15) is 9.18 Å². The summed E-state index contributed by atoms with van der Waals surface area (Å²) in [4.78, 5) is 20.3. The average Bonchev–Trinajstić information content (AvgIpc) is 3.22. The predicted molar refractivity (Wildman–Crippen MR) is 115 cm³/mol. The fourth-order valence-corrected chi connectivity index (χ4v) is 3.67. The van der Waals surface area contributed by atoms with E-state index in [-0.39, 0.29) is 24.8 Å². The van der Waals surface area contributed by atoms with Gasteiger partial charge in [0.25, 0.3) is 5.91 Å². The average molecular weight is 423 g/mol. The van der Waals surface area contributed by atoms with Gasteiger partial charge in [0, 0.05) is 18.0 Å². The highest BCUT2D eigenvalue weighted by atomic mass is 35.5. The van der Waals surface area contributed by atoms with Crippen molar-refractivity contribution in [3.8, 4) is 0 Å². The molecule has 1 atom stereocenters. The number of hydrogen-bond donors (Lipinski definition) is 0. The quantitative estimate of drug-likeness (QED) is 0.540. The zero-order valence-corrected chi connectivity index (χ0v) is 16.9. The van der Waals surface area contributed by atoms with E-state index in [2.05, 4.69) is 5.16 Å². The van der Waals surface area contributed by atoms with Gasteiger partial charge in [-0.3, -0.25) is 4.79 Å². The molecule has 3 aromatic carbocycles. The van der Waals surface area contributed by atoms with E-state index in [1.54, 1.807) is 29.2 Å². The lowest BCUT2D eigenvalue weighted by Gasteiger charge is -2.25. The molecule has 0 aromatic heterocycles. The van der Waals surface area contributed by atoms with E-state index in [1.165, 1.54) is 12.1 Å². The summed E-state index contributed by atoms with van der Waals surface area (Å²) in [5.74, 6) is -0.947. The van der Waals surface area contributed by atoms with Crippen LogP contribution in [0.15, 0.2) is 84.0 Å². The molecule has 6 heteroatoms. The van der Waals surface area contributed by atoms with E-state index >= 15 is 0 Å². The van der Waals surface area contributed by atoms with Crippen molar-refractivity contribution in [2.45, 2.75) is 19.1 Å². The van der Waals surface area contributed by atoms with Crippen molar-refractivity contribution in [1.82, 2.24) is 4.90 Å². The van der Waals surface area contributed by atoms with Crippen molar-refractivity contribution in [1.29, 1.82) is 0 Å². The molecular formula is C24H20ClFN2O2. The Hall–Kier alpha value is -3.18. The van der Waals surface area contributed by atoms with Crippen LogP contribution in [0.1, 0.15) is 27.9 Å². The minimum atomic E-state index is -0.549. The number of nitrogens with zero attached hydrogens (tertiary/aromatic N) is 2. The molecule has 0 N–H and O–H groups in total. The molecule has 1 heterocycles. The van der Waals surface area contributed by atoms with E-state index in [0.29, 0.717) is 11.4 Å². The van der Waals surface area contributed by atoms with Crippen LogP contribution in [0.3, 0.4) is 0 Å². The maximum absolute atomic E-state index is 14.3. The molecule has 0 saturated heterocycles. The SMILES string of the molecule is O=C(c1ccccc1F)N(Cc1cccc(Cl)c1)C[C@@H]1CC(c2ccccc2)=NO1. The number of hydrogen-bond acceptors (Lipinski definition) is 3. The maximum atomic E-state index is 14.3. The Morgan fingerprint density at radius 3 is 2.60 bits per heavy atom. The highest BCUT2D eigenvalue weighted by Crippen LogP contribution is 2.21. The van der Waals surface area contributed by atoms with Crippen molar-refractivity contribution in [2.24, 2.45) is 5.16 Å². The highest BCUT2D eigenvalue weighted by molar-refractivity contribution is 6.30. The second kappa shape index (κ2) is 9.09. The molecule has 1 amide bonds. The molecule has 152 valence electrons. The summed E-state index contributed by atoms with van der Waals surface area (Å²) in [6.45, 7) is 0.563. The molecule has 4 nitrogen and oxygen atoms in total. The van der Waals surface area contributed by atoms with Gasteiger partial charge >= 0.3 is 0 Å². The van der Waals surface area contributed by atoms with Crippen LogP contribution in [0, 0.1) is 5.82 Å². The van der Waals surface area contributed by atoms with Gasteiger partial charge in [0.2, 0.25) is 0 Å². The lowest BCUT2D eigenvalue weighted by atomic mass is 10.0. The second-order valence-corrected chi connectivity index (χ2v) is 7.57. The number of oxime groups is 1. The van der Waals surface area contributed by atoms with Gasteiger partial charge in [-0.2, -0.15) is 0 Å². The molecule has 1 aliphatic heterocycles. The lowest BCUT2D eigenvalue weighted by molar-refractivity contribution is 0.0402. The molecule has 1 aliphatic rings. The normalized spacial score (nSPS) is 15.4. The van der Waals surface area contributed by atoms with Gasteiger partial charge in [-0.25, -0.2) is 4.39 Å². The van der Waals surface area contributed by atoms with Crippen LogP contribution in [0.5, 0.6) is 0 Å².